The van der Waals surface area contributed by atoms with Crippen molar-refractivity contribution in [3.8, 4) is 0 Å². The minimum absolute atomic E-state index is 0. The molecule has 2 aromatic rings. The molecule has 1 aliphatic rings. The van der Waals surface area contributed by atoms with Gasteiger partial charge in [0.15, 0.2) is 5.96 Å². The summed E-state index contributed by atoms with van der Waals surface area (Å²) in [6.07, 6.45) is 7.29. The van der Waals surface area contributed by atoms with Crippen LogP contribution in [0.25, 0.3) is 0 Å². The van der Waals surface area contributed by atoms with Gasteiger partial charge >= 0.3 is 0 Å². The number of halogens is 1. The van der Waals surface area contributed by atoms with E-state index in [4.69, 9.17) is 0 Å². The number of carbonyl (C=O) groups excluding carboxylic acids is 1. The van der Waals surface area contributed by atoms with Gasteiger partial charge in [-0.1, -0.05) is 37.3 Å². The number of benzene rings is 1. The summed E-state index contributed by atoms with van der Waals surface area (Å²) in [5.41, 5.74) is 1.14. The minimum Gasteiger partial charge on any atom is -0.356 e. The summed E-state index contributed by atoms with van der Waals surface area (Å²) in [5.74, 6) is 1.58. The third-order valence-electron chi connectivity index (χ3n) is 5.65. The zero-order valence-corrected chi connectivity index (χ0v) is 20.4. The van der Waals surface area contributed by atoms with Gasteiger partial charge in [0.2, 0.25) is 5.91 Å². The number of amides is 1. The highest BCUT2D eigenvalue weighted by atomic mass is 127. The molecule has 30 heavy (non-hydrogen) atoms. The Hall–Kier alpha value is -2.10. The molecule has 8 heteroatoms. The number of piperidine rings is 1. The summed E-state index contributed by atoms with van der Waals surface area (Å²) in [5, 5.41) is 3.37. The molecule has 1 N–H and O–H groups in total. The van der Waals surface area contributed by atoms with E-state index in [9.17, 15) is 4.79 Å². The number of nitrogens with zero attached hydrogens (tertiary/aromatic N) is 5. The predicted octanol–water partition coefficient (Wildman–Crippen LogP) is 3.01. The van der Waals surface area contributed by atoms with E-state index in [1.165, 1.54) is 0 Å². The van der Waals surface area contributed by atoms with Gasteiger partial charge in [0.25, 0.3) is 0 Å². The lowest BCUT2D eigenvalue weighted by molar-refractivity contribution is -0.130. The van der Waals surface area contributed by atoms with Crippen LogP contribution >= 0.6 is 24.0 Å². The maximum Gasteiger partial charge on any atom is 0.224 e. The molecule has 164 valence electrons. The van der Waals surface area contributed by atoms with Crippen LogP contribution < -0.4 is 5.32 Å². The second-order valence-corrected chi connectivity index (χ2v) is 7.75. The Bertz CT molecular complexity index is 795. The number of nitrogens with one attached hydrogen (secondary N) is 1. The van der Waals surface area contributed by atoms with Crippen molar-refractivity contribution in [2.75, 3.05) is 33.7 Å². The van der Waals surface area contributed by atoms with Crippen molar-refractivity contribution in [1.29, 1.82) is 0 Å². The molecule has 0 spiro atoms. The Labute approximate surface area is 196 Å². The maximum atomic E-state index is 12.5. The van der Waals surface area contributed by atoms with Crippen LogP contribution in [0.5, 0.6) is 0 Å². The summed E-state index contributed by atoms with van der Waals surface area (Å²) >= 11 is 0. The lowest BCUT2D eigenvalue weighted by Gasteiger charge is -2.39. The molecule has 1 saturated heterocycles. The molecule has 1 fully saturated rings. The molecule has 1 aliphatic heterocycles. The first kappa shape index (κ1) is 24.2. The van der Waals surface area contributed by atoms with Crippen LogP contribution in [0.2, 0.25) is 0 Å². The highest BCUT2D eigenvalue weighted by molar-refractivity contribution is 14.0. The molecular formula is C22H33IN6O. The second-order valence-electron chi connectivity index (χ2n) is 7.75. The predicted molar refractivity (Wildman–Crippen MR) is 131 cm³/mol. The molecule has 2 unspecified atom stereocenters. The van der Waals surface area contributed by atoms with Gasteiger partial charge in [-0.2, -0.15) is 0 Å². The Morgan fingerprint density at radius 3 is 2.77 bits per heavy atom. The van der Waals surface area contributed by atoms with E-state index >= 15 is 0 Å². The number of carbonyl (C=O) groups is 1. The highest BCUT2D eigenvalue weighted by Crippen LogP contribution is 2.27. The molecule has 7 nitrogen and oxygen atoms in total. The first-order chi connectivity index (χ1) is 14.1. The smallest absolute Gasteiger partial charge is 0.224 e. The number of aliphatic imine (C=N–C) groups is 1. The van der Waals surface area contributed by atoms with Crippen molar-refractivity contribution in [1.82, 2.24) is 24.7 Å². The lowest BCUT2D eigenvalue weighted by atomic mass is 9.93. The fraction of sp³-hybridized carbons (Fsp3) is 0.500. The van der Waals surface area contributed by atoms with Crippen LogP contribution in [0.1, 0.15) is 31.4 Å². The number of rotatable bonds is 6. The van der Waals surface area contributed by atoms with Crippen LogP contribution in [0.15, 0.2) is 54.0 Å². The number of aromatic nitrogens is 2. The average Bonchev–Trinajstić information content (AvgIpc) is 3.27. The van der Waals surface area contributed by atoms with E-state index < -0.39 is 0 Å². The standard InChI is InChI=1S/C22H32N6O.HI/c1-18-10-13-27(16-20(18)28-14-12-24-17-28)22(23-2)25-11-9-21(29)26(3)15-19-7-5-4-6-8-19;/h4-8,12,14,17-18,20H,9-11,13,15-16H2,1-3H3,(H,23,25);1H. The van der Waals surface area contributed by atoms with Gasteiger partial charge in [-0.15, -0.1) is 24.0 Å². The van der Waals surface area contributed by atoms with Gasteiger partial charge in [0.05, 0.1) is 12.4 Å². The number of likely N-dealkylation sites (tertiary alicyclic amines) is 1. The SMILES string of the molecule is CN=C(NCCC(=O)N(C)Cc1ccccc1)N1CCC(C)C(n2ccnc2)C1.I. The monoisotopic (exact) mass is 524 g/mol. The summed E-state index contributed by atoms with van der Waals surface area (Å²) in [6.45, 7) is 5.35. The Balaban J connectivity index is 0.00000320. The van der Waals surface area contributed by atoms with Crippen molar-refractivity contribution >= 4 is 35.8 Å². The van der Waals surface area contributed by atoms with E-state index in [-0.39, 0.29) is 29.9 Å². The Morgan fingerprint density at radius 1 is 1.33 bits per heavy atom. The topological polar surface area (TPSA) is 65.8 Å². The molecule has 2 heterocycles. The molecule has 1 amide bonds. The summed E-state index contributed by atoms with van der Waals surface area (Å²) in [6, 6.07) is 10.4. The van der Waals surface area contributed by atoms with Crippen LogP contribution in [-0.4, -0.2) is 64.9 Å². The van der Waals surface area contributed by atoms with Crippen LogP contribution in [0.3, 0.4) is 0 Å². The van der Waals surface area contributed by atoms with Crippen LogP contribution in [0.4, 0.5) is 0 Å². The van der Waals surface area contributed by atoms with Crippen LogP contribution in [0, 0.1) is 5.92 Å². The zero-order chi connectivity index (χ0) is 20.6. The van der Waals surface area contributed by atoms with Gasteiger partial charge in [-0.05, 0) is 17.9 Å². The van der Waals surface area contributed by atoms with Gasteiger partial charge in [0, 0.05) is 59.1 Å². The minimum atomic E-state index is 0. The maximum absolute atomic E-state index is 12.5. The first-order valence-electron chi connectivity index (χ1n) is 10.3. The molecule has 0 saturated carbocycles. The molecular weight excluding hydrogens is 491 g/mol. The first-order valence-corrected chi connectivity index (χ1v) is 10.3. The van der Waals surface area contributed by atoms with Gasteiger partial charge in [0.1, 0.15) is 0 Å². The van der Waals surface area contributed by atoms with Gasteiger partial charge < -0.3 is 19.7 Å². The van der Waals surface area contributed by atoms with E-state index in [1.54, 1.807) is 11.9 Å². The van der Waals surface area contributed by atoms with E-state index in [0.717, 1.165) is 31.0 Å². The second kappa shape index (κ2) is 11.9. The summed E-state index contributed by atoms with van der Waals surface area (Å²) in [7, 11) is 3.65. The fourth-order valence-corrected chi connectivity index (χ4v) is 3.84. The lowest BCUT2D eigenvalue weighted by Crippen LogP contribution is -2.49. The van der Waals surface area contributed by atoms with Crippen molar-refractivity contribution in [3.63, 3.8) is 0 Å². The molecule has 2 atom stereocenters. The quantitative estimate of drug-likeness (QED) is 0.359. The molecule has 0 aliphatic carbocycles. The van der Waals surface area contributed by atoms with E-state index in [1.807, 2.05) is 56.1 Å². The Morgan fingerprint density at radius 2 is 2.10 bits per heavy atom. The molecule has 0 bridgehead atoms. The average molecular weight is 524 g/mol. The zero-order valence-electron chi connectivity index (χ0n) is 18.1. The van der Waals surface area contributed by atoms with Crippen molar-refractivity contribution < 1.29 is 4.79 Å². The van der Waals surface area contributed by atoms with Crippen molar-refractivity contribution in [2.24, 2.45) is 10.9 Å². The highest BCUT2D eigenvalue weighted by Gasteiger charge is 2.28. The number of guanidine groups is 1. The van der Waals surface area contributed by atoms with Crippen molar-refractivity contribution in [3.05, 3.63) is 54.6 Å². The van der Waals surface area contributed by atoms with E-state index in [2.05, 4.69) is 31.7 Å². The Kier molecular flexibility index (Phi) is 9.61. The third-order valence-corrected chi connectivity index (χ3v) is 5.65. The third kappa shape index (κ3) is 6.45. The number of hydrogen-bond donors (Lipinski definition) is 1. The largest absolute Gasteiger partial charge is 0.356 e. The number of hydrogen-bond acceptors (Lipinski definition) is 3. The summed E-state index contributed by atoms with van der Waals surface area (Å²) in [4.78, 5) is 25.2. The summed E-state index contributed by atoms with van der Waals surface area (Å²) < 4.78 is 2.19. The number of imidazole rings is 1. The van der Waals surface area contributed by atoms with E-state index in [0.29, 0.717) is 31.5 Å². The van der Waals surface area contributed by atoms with Crippen LogP contribution in [-0.2, 0) is 11.3 Å². The molecule has 1 aromatic carbocycles. The fourth-order valence-electron chi connectivity index (χ4n) is 3.84. The normalized spacial score (nSPS) is 19.2. The molecule has 0 radical (unpaired) electrons. The van der Waals surface area contributed by atoms with Gasteiger partial charge in [-0.3, -0.25) is 9.79 Å². The van der Waals surface area contributed by atoms with Gasteiger partial charge in [-0.25, -0.2) is 4.98 Å². The van der Waals surface area contributed by atoms with Crippen molar-refractivity contribution in [2.45, 2.75) is 32.4 Å². The molecule has 3 rings (SSSR count). The molecule has 1 aromatic heterocycles.